The van der Waals surface area contributed by atoms with E-state index < -0.39 is 0 Å². The standard InChI is InChI=1S/C19H22O2/c1-2-3-7-16-10-12-19(13-11-16)21-15-18(20)14-17-8-5-4-6-9-17/h4-6,8-13H,2-3,7,14-15H2,1H3. The number of benzene rings is 2. The van der Waals surface area contributed by atoms with Gasteiger partial charge in [0.1, 0.15) is 12.4 Å². The lowest BCUT2D eigenvalue weighted by molar-refractivity contribution is -0.120. The summed E-state index contributed by atoms with van der Waals surface area (Å²) in [5.74, 6) is 0.855. The van der Waals surface area contributed by atoms with Gasteiger partial charge in [-0.2, -0.15) is 0 Å². The van der Waals surface area contributed by atoms with Crippen molar-refractivity contribution in [3.05, 3.63) is 65.7 Å². The van der Waals surface area contributed by atoms with Crippen molar-refractivity contribution < 1.29 is 9.53 Å². The van der Waals surface area contributed by atoms with Crippen LogP contribution in [-0.2, 0) is 17.6 Å². The molecule has 0 radical (unpaired) electrons. The van der Waals surface area contributed by atoms with E-state index in [1.165, 1.54) is 18.4 Å². The number of rotatable bonds is 8. The minimum absolute atomic E-state index is 0.0938. The largest absolute Gasteiger partial charge is 0.486 e. The molecule has 0 fully saturated rings. The topological polar surface area (TPSA) is 26.3 Å². The van der Waals surface area contributed by atoms with Crippen molar-refractivity contribution in [2.24, 2.45) is 0 Å². The van der Waals surface area contributed by atoms with Crippen LogP contribution in [0.15, 0.2) is 54.6 Å². The maximum atomic E-state index is 11.9. The highest BCUT2D eigenvalue weighted by molar-refractivity contribution is 5.82. The van der Waals surface area contributed by atoms with Gasteiger partial charge in [-0.15, -0.1) is 0 Å². The Bertz CT molecular complexity index is 544. The first-order chi connectivity index (χ1) is 10.3. The van der Waals surface area contributed by atoms with Crippen LogP contribution < -0.4 is 4.74 Å². The van der Waals surface area contributed by atoms with E-state index in [-0.39, 0.29) is 12.4 Å². The van der Waals surface area contributed by atoms with Crippen molar-refractivity contribution in [2.75, 3.05) is 6.61 Å². The van der Waals surface area contributed by atoms with Crippen LogP contribution in [0.5, 0.6) is 5.75 Å². The molecule has 2 aromatic rings. The molecule has 0 spiro atoms. The third kappa shape index (κ3) is 5.42. The molecular formula is C19H22O2. The zero-order valence-electron chi connectivity index (χ0n) is 12.5. The quantitative estimate of drug-likeness (QED) is 0.724. The molecule has 2 nitrogen and oxygen atoms in total. The van der Waals surface area contributed by atoms with Crippen LogP contribution in [0, 0.1) is 0 Å². The van der Waals surface area contributed by atoms with Crippen LogP contribution in [0.2, 0.25) is 0 Å². The number of Topliss-reactive ketones (excluding diaryl/α,β-unsaturated/α-hetero) is 1. The van der Waals surface area contributed by atoms with Crippen molar-refractivity contribution in [1.82, 2.24) is 0 Å². The van der Waals surface area contributed by atoms with E-state index in [2.05, 4.69) is 19.1 Å². The van der Waals surface area contributed by atoms with Crippen molar-refractivity contribution in [1.29, 1.82) is 0 Å². The second-order valence-corrected chi connectivity index (χ2v) is 5.24. The summed E-state index contributed by atoms with van der Waals surface area (Å²) in [5.41, 5.74) is 2.35. The molecule has 2 aromatic carbocycles. The highest BCUT2D eigenvalue weighted by Crippen LogP contribution is 2.14. The molecule has 0 aliphatic carbocycles. The lowest BCUT2D eigenvalue weighted by Gasteiger charge is -2.07. The van der Waals surface area contributed by atoms with Gasteiger partial charge < -0.3 is 4.74 Å². The van der Waals surface area contributed by atoms with Crippen molar-refractivity contribution in [3.63, 3.8) is 0 Å². The molecule has 2 rings (SSSR count). The molecule has 0 atom stereocenters. The lowest BCUT2D eigenvalue weighted by atomic mass is 10.1. The van der Waals surface area contributed by atoms with Gasteiger partial charge in [0.25, 0.3) is 0 Å². The van der Waals surface area contributed by atoms with Gasteiger partial charge >= 0.3 is 0 Å². The Morgan fingerprint density at radius 1 is 0.952 bits per heavy atom. The molecule has 0 aromatic heterocycles. The zero-order valence-corrected chi connectivity index (χ0v) is 12.5. The van der Waals surface area contributed by atoms with Gasteiger partial charge in [-0.1, -0.05) is 55.8 Å². The van der Waals surface area contributed by atoms with Gasteiger partial charge in [0.2, 0.25) is 0 Å². The van der Waals surface area contributed by atoms with Crippen LogP contribution in [0.1, 0.15) is 30.9 Å². The Morgan fingerprint density at radius 3 is 2.33 bits per heavy atom. The van der Waals surface area contributed by atoms with Gasteiger partial charge in [-0.05, 0) is 36.1 Å². The summed E-state index contributed by atoms with van der Waals surface area (Å²) < 4.78 is 5.55. The van der Waals surface area contributed by atoms with Crippen molar-refractivity contribution in [2.45, 2.75) is 32.6 Å². The Hall–Kier alpha value is -2.09. The van der Waals surface area contributed by atoms with Crippen molar-refractivity contribution >= 4 is 5.78 Å². The Labute approximate surface area is 126 Å². The Morgan fingerprint density at radius 2 is 1.67 bits per heavy atom. The predicted octanol–water partition coefficient (Wildman–Crippen LogP) is 4.22. The summed E-state index contributed by atoms with van der Waals surface area (Å²) in [4.78, 5) is 11.9. The monoisotopic (exact) mass is 282 g/mol. The fourth-order valence-electron chi connectivity index (χ4n) is 2.17. The third-order valence-corrected chi connectivity index (χ3v) is 3.39. The summed E-state index contributed by atoms with van der Waals surface area (Å²) in [6, 6.07) is 17.8. The molecule has 0 amide bonds. The fourth-order valence-corrected chi connectivity index (χ4v) is 2.17. The minimum atomic E-state index is 0.0938. The zero-order chi connectivity index (χ0) is 14.9. The SMILES string of the molecule is CCCCc1ccc(OCC(=O)Cc2ccccc2)cc1. The molecule has 0 N–H and O–H groups in total. The summed E-state index contributed by atoms with van der Waals surface area (Å²) in [7, 11) is 0. The molecule has 0 bridgehead atoms. The van der Waals surface area contributed by atoms with Gasteiger partial charge in [0, 0.05) is 6.42 Å². The molecule has 0 aliphatic rings. The van der Waals surface area contributed by atoms with Gasteiger partial charge in [-0.3, -0.25) is 4.79 Å². The third-order valence-electron chi connectivity index (χ3n) is 3.39. The second-order valence-electron chi connectivity index (χ2n) is 5.24. The maximum Gasteiger partial charge on any atom is 0.174 e. The Balaban J connectivity index is 1.78. The first kappa shape index (κ1) is 15.3. The number of carbonyl (C=O) groups is 1. The summed E-state index contributed by atoms with van der Waals surface area (Å²) in [5, 5.41) is 0. The number of ketones is 1. The first-order valence-electron chi connectivity index (χ1n) is 7.55. The molecule has 0 aliphatic heterocycles. The van der Waals surface area contributed by atoms with Crippen LogP contribution in [0.4, 0.5) is 0 Å². The maximum absolute atomic E-state index is 11.9. The molecule has 0 saturated heterocycles. The predicted molar refractivity (Wildman–Crippen MR) is 85.7 cm³/mol. The highest BCUT2D eigenvalue weighted by Gasteiger charge is 2.04. The van der Waals surface area contributed by atoms with Crippen molar-refractivity contribution in [3.8, 4) is 5.75 Å². The van der Waals surface area contributed by atoms with Crippen LogP contribution in [0.3, 0.4) is 0 Å². The van der Waals surface area contributed by atoms with E-state index >= 15 is 0 Å². The first-order valence-corrected chi connectivity index (χ1v) is 7.55. The number of unbranched alkanes of at least 4 members (excludes halogenated alkanes) is 1. The molecule has 110 valence electrons. The molecule has 0 heterocycles. The number of hydrogen-bond acceptors (Lipinski definition) is 2. The number of ether oxygens (including phenoxy) is 1. The fraction of sp³-hybridized carbons (Fsp3) is 0.316. The average molecular weight is 282 g/mol. The number of carbonyl (C=O) groups excluding carboxylic acids is 1. The second kappa shape index (κ2) is 8.25. The molecular weight excluding hydrogens is 260 g/mol. The van der Waals surface area contributed by atoms with Gasteiger partial charge in [-0.25, -0.2) is 0 Å². The minimum Gasteiger partial charge on any atom is -0.486 e. The summed E-state index contributed by atoms with van der Waals surface area (Å²) in [6.07, 6.45) is 3.93. The van der Waals surface area contributed by atoms with E-state index in [0.717, 1.165) is 17.7 Å². The van der Waals surface area contributed by atoms with Crippen LogP contribution in [-0.4, -0.2) is 12.4 Å². The van der Waals surface area contributed by atoms with Crippen LogP contribution in [0.25, 0.3) is 0 Å². The van der Waals surface area contributed by atoms with E-state index in [4.69, 9.17) is 4.74 Å². The molecule has 21 heavy (non-hydrogen) atoms. The molecule has 0 unspecified atom stereocenters. The number of aryl methyl sites for hydroxylation is 1. The van der Waals surface area contributed by atoms with E-state index in [0.29, 0.717) is 6.42 Å². The number of hydrogen-bond donors (Lipinski definition) is 0. The average Bonchev–Trinajstić information content (AvgIpc) is 2.53. The van der Waals surface area contributed by atoms with Gasteiger partial charge in [0.15, 0.2) is 5.78 Å². The molecule has 2 heteroatoms. The Kier molecular flexibility index (Phi) is 6.01. The lowest BCUT2D eigenvalue weighted by Crippen LogP contribution is -2.13. The normalized spacial score (nSPS) is 10.3. The van der Waals surface area contributed by atoms with E-state index in [1.807, 2.05) is 42.5 Å². The van der Waals surface area contributed by atoms with E-state index in [1.54, 1.807) is 0 Å². The van der Waals surface area contributed by atoms with E-state index in [9.17, 15) is 4.79 Å². The van der Waals surface area contributed by atoms with Gasteiger partial charge in [0.05, 0.1) is 0 Å². The summed E-state index contributed by atoms with van der Waals surface area (Å²) in [6.45, 7) is 2.32. The highest BCUT2D eigenvalue weighted by atomic mass is 16.5. The van der Waals surface area contributed by atoms with Crippen LogP contribution >= 0.6 is 0 Å². The molecule has 0 saturated carbocycles. The smallest absolute Gasteiger partial charge is 0.174 e. The summed E-state index contributed by atoms with van der Waals surface area (Å²) >= 11 is 0.